The van der Waals surface area contributed by atoms with Gasteiger partial charge in [0.05, 0.1) is 17.9 Å². The van der Waals surface area contributed by atoms with E-state index in [2.05, 4.69) is 31.5 Å². The van der Waals surface area contributed by atoms with E-state index >= 15 is 0 Å². The zero-order valence-electron chi connectivity index (χ0n) is 11.8. The van der Waals surface area contributed by atoms with Gasteiger partial charge in [-0.15, -0.1) is 6.42 Å². The topological polar surface area (TPSA) is 88.5 Å². The molecule has 0 saturated heterocycles. The maximum absolute atomic E-state index is 12.3. The van der Waals surface area contributed by atoms with Crippen LogP contribution in [0.25, 0.3) is 17.2 Å². The number of H-pyrrole nitrogens is 1. The second-order valence-electron chi connectivity index (χ2n) is 4.52. The molecule has 0 aliphatic carbocycles. The Morgan fingerprint density at radius 1 is 1.35 bits per heavy atom. The van der Waals surface area contributed by atoms with Gasteiger partial charge in [0.15, 0.2) is 11.5 Å². The Morgan fingerprint density at radius 2 is 2.13 bits per heavy atom. The van der Waals surface area contributed by atoms with Crippen molar-refractivity contribution in [1.29, 1.82) is 0 Å². The number of aromatic amines is 1. The fourth-order valence-electron chi connectivity index (χ4n) is 2.00. The third kappa shape index (κ3) is 3.07. The van der Waals surface area contributed by atoms with Gasteiger partial charge >= 0.3 is 0 Å². The minimum atomic E-state index is -0.310. The fourth-order valence-corrected chi connectivity index (χ4v) is 2.12. The Hall–Kier alpha value is -3.11. The van der Waals surface area contributed by atoms with Crippen molar-refractivity contribution in [2.45, 2.75) is 0 Å². The van der Waals surface area contributed by atoms with E-state index in [1.165, 1.54) is 17.1 Å². The van der Waals surface area contributed by atoms with Crippen LogP contribution in [-0.4, -0.2) is 31.5 Å². The van der Waals surface area contributed by atoms with Crippen molar-refractivity contribution >= 4 is 17.3 Å². The Kier molecular flexibility index (Phi) is 4.08. The van der Waals surface area contributed by atoms with Gasteiger partial charge in [0.25, 0.3) is 5.56 Å². The fraction of sp³-hybridized carbons (Fsp3) is 0.0667. The molecule has 0 amide bonds. The number of rotatable bonds is 4. The van der Waals surface area contributed by atoms with Gasteiger partial charge in [0.1, 0.15) is 6.33 Å². The summed E-state index contributed by atoms with van der Waals surface area (Å²) >= 11 is 5.87. The molecule has 3 rings (SSSR count). The Balaban J connectivity index is 2.15. The van der Waals surface area contributed by atoms with Crippen LogP contribution in [0.15, 0.2) is 41.5 Å². The first-order chi connectivity index (χ1) is 11.2. The summed E-state index contributed by atoms with van der Waals surface area (Å²) < 4.78 is 1.26. The van der Waals surface area contributed by atoms with Gasteiger partial charge in [-0.1, -0.05) is 17.5 Å². The van der Waals surface area contributed by atoms with Crippen molar-refractivity contribution in [3.8, 4) is 29.5 Å². The van der Waals surface area contributed by atoms with Gasteiger partial charge in [0, 0.05) is 11.1 Å². The molecule has 0 unspecified atom stereocenters. The van der Waals surface area contributed by atoms with Gasteiger partial charge in [-0.3, -0.25) is 9.89 Å². The summed E-state index contributed by atoms with van der Waals surface area (Å²) in [4.78, 5) is 16.4. The molecule has 0 spiro atoms. The number of nitrogens with one attached hydrogen (secondary N) is 2. The molecule has 1 aromatic carbocycles. The molecule has 0 atom stereocenters. The number of benzene rings is 1. The van der Waals surface area contributed by atoms with Gasteiger partial charge in [-0.2, -0.15) is 14.9 Å². The highest BCUT2D eigenvalue weighted by Gasteiger charge is 2.14. The van der Waals surface area contributed by atoms with E-state index in [1.54, 1.807) is 24.3 Å². The molecular weight excluding hydrogens is 316 g/mol. The predicted molar refractivity (Wildman–Crippen MR) is 87.5 cm³/mol. The van der Waals surface area contributed by atoms with Crippen LogP contribution < -0.4 is 10.9 Å². The lowest BCUT2D eigenvalue weighted by Crippen LogP contribution is -2.22. The molecule has 0 saturated carbocycles. The number of hydrogen-bond acceptors (Lipinski definition) is 5. The van der Waals surface area contributed by atoms with Crippen LogP contribution in [0.5, 0.6) is 0 Å². The van der Waals surface area contributed by atoms with Crippen LogP contribution in [-0.2, 0) is 0 Å². The molecule has 0 bridgehead atoms. The molecule has 2 aromatic heterocycles. The molecule has 0 radical (unpaired) electrons. The quantitative estimate of drug-likeness (QED) is 0.713. The lowest BCUT2D eigenvalue weighted by atomic mass is 10.3. The second-order valence-corrected chi connectivity index (χ2v) is 4.96. The Labute approximate surface area is 136 Å². The summed E-state index contributed by atoms with van der Waals surface area (Å²) in [6.45, 7) is 0.257. The molecule has 0 aliphatic rings. The van der Waals surface area contributed by atoms with Crippen molar-refractivity contribution in [1.82, 2.24) is 25.0 Å². The summed E-state index contributed by atoms with van der Waals surface area (Å²) in [5.41, 5.74) is 1.20. The van der Waals surface area contributed by atoms with E-state index in [0.717, 1.165) is 0 Å². The summed E-state index contributed by atoms with van der Waals surface area (Å²) in [7, 11) is 0. The summed E-state index contributed by atoms with van der Waals surface area (Å²) in [5, 5.41) is 14.4. The molecule has 2 heterocycles. The molecule has 0 aliphatic heterocycles. The largest absolute Gasteiger partial charge is 0.372 e. The normalized spacial score (nSPS) is 10.3. The monoisotopic (exact) mass is 326 g/mol. The molecule has 8 heteroatoms. The number of hydrogen-bond donors (Lipinski definition) is 2. The number of halogens is 1. The third-order valence-electron chi connectivity index (χ3n) is 3.02. The highest BCUT2D eigenvalue weighted by molar-refractivity contribution is 6.30. The zero-order chi connectivity index (χ0) is 16.2. The van der Waals surface area contributed by atoms with Crippen molar-refractivity contribution in [2.75, 3.05) is 11.9 Å². The Bertz CT molecular complexity index is 909. The number of nitrogens with zero attached hydrogens (tertiary/aromatic N) is 4. The Morgan fingerprint density at radius 3 is 2.78 bits per heavy atom. The van der Waals surface area contributed by atoms with Gasteiger partial charge < -0.3 is 5.32 Å². The van der Waals surface area contributed by atoms with Gasteiger partial charge in [-0.05, 0) is 24.3 Å². The predicted octanol–water partition coefficient (Wildman–Crippen LogP) is 1.72. The van der Waals surface area contributed by atoms with Gasteiger partial charge in [0.2, 0.25) is 0 Å². The summed E-state index contributed by atoms with van der Waals surface area (Å²) in [6, 6.07) is 8.19. The highest BCUT2D eigenvalue weighted by atomic mass is 35.5. The minimum Gasteiger partial charge on any atom is -0.372 e. The van der Waals surface area contributed by atoms with Crippen molar-refractivity contribution in [3.63, 3.8) is 0 Å². The number of aromatic nitrogens is 5. The summed E-state index contributed by atoms with van der Waals surface area (Å²) in [5.74, 6) is 2.88. The van der Waals surface area contributed by atoms with E-state index in [4.69, 9.17) is 18.0 Å². The maximum Gasteiger partial charge on any atom is 0.273 e. The van der Waals surface area contributed by atoms with Crippen molar-refractivity contribution in [3.05, 3.63) is 52.0 Å². The number of anilines is 1. The molecule has 2 N–H and O–H groups in total. The molecule has 3 aromatic rings. The van der Waals surface area contributed by atoms with Crippen LogP contribution in [0.2, 0.25) is 5.02 Å². The summed E-state index contributed by atoms with van der Waals surface area (Å²) in [6.07, 6.45) is 6.61. The number of terminal acetylenes is 1. The molecule has 0 fully saturated rings. The third-order valence-corrected chi connectivity index (χ3v) is 3.28. The van der Waals surface area contributed by atoms with Crippen LogP contribution >= 0.6 is 11.6 Å². The standard InChI is InChI=1S/C15H11ClN6O/c1-2-7-17-12-8-13(23)22(11-5-3-10(16)4-6-11)21-14(12)15-18-9-19-20-15/h1,3-6,8-9,17H,7H2,(H,18,19,20). The smallest absolute Gasteiger partial charge is 0.273 e. The SMILES string of the molecule is C#CCNc1cc(=O)n(-c2ccc(Cl)cc2)nc1-c1ncn[nH]1. The van der Waals surface area contributed by atoms with Gasteiger partial charge in [-0.25, -0.2) is 4.98 Å². The first-order valence-corrected chi connectivity index (χ1v) is 7.00. The van der Waals surface area contributed by atoms with Crippen LogP contribution in [0.3, 0.4) is 0 Å². The molecule has 23 heavy (non-hydrogen) atoms. The lowest BCUT2D eigenvalue weighted by molar-refractivity contribution is 0.809. The van der Waals surface area contributed by atoms with E-state index in [-0.39, 0.29) is 12.1 Å². The second kappa shape index (κ2) is 6.34. The minimum absolute atomic E-state index is 0.257. The average molecular weight is 327 g/mol. The van der Waals surface area contributed by atoms with E-state index in [0.29, 0.717) is 27.9 Å². The van der Waals surface area contributed by atoms with Crippen LogP contribution in [0, 0.1) is 12.3 Å². The zero-order valence-corrected chi connectivity index (χ0v) is 12.6. The van der Waals surface area contributed by atoms with E-state index in [9.17, 15) is 4.79 Å². The molecule has 7 nitrogen and oxygen atoms in total. The highest BCUT2D eigenvalue weighted by Crippen LogP contribution is 2.21. The van der Waals surface area contributed by atoms with Crippen molar-refractivity contribution in [2.24, 2.45) is 0 Å². The van der Waals surface area contributed by atoms with Crippen LogP contribution in [0.1, 0.15) is 0 Å². The molecular formula is C15H11ClN6O. The first kappa shape index (κ1) is 14.8. The van der Waals surface area contributed by atoms with E-state index in [1.807, 2.05) is 0 Å². The first-order valence-electron chi connectivity index (χ1n) is 6.62. The maximum atomic E-state index is 12.3. The van der Waals surface area contributed by atoms with E-state index < -0.39 is 0 Å². The van der Waals surface area contributed by atoms with Crippen molar-refractivity contribution < 1.29 is 0 Å². The molecule has 114 valence electrons. The van der Waals surface area contributed by atoms with Crippen LogP contribution in [0.4, 0.5) is 5.69 Å². The average Bonchev–Trinajstić information content (AvgIpc) is 3.08. The lowest BCUT2D eigenvalue weighted by Gasteiger charge is -2.11.